The third-order valence-electron chi connectivity index (χ3n) is 5.23. The monoisotopic (exact) mass is 404 g/mol. The summed E-state index contributed by atoms with van der Waals surface area (Å²) in [6.07, 6.45) is 0.956. The summed E-state index contributed by atoms with van der Waals surface area (Å²) < 4.78 is 39.7. The van der Waals surface area contributed by atoms with Crippen LogP contribution in [0.3, 0.4) is 0 Å². The highest BCUT2D eigenvalue weighted by atomic mass is 32.2. The van der Waals surface area contributed by atoms with E-state index in [1.165, 1.54) is 22.0 Å². The Morgan fingerprint density at radius 3 is 2.32 bits per heavy atom. The fourth-order valence-electron chi connectivity index (χ4n) is 3.41. The number of piperidine rings is 1. The first-order chi connectivity index (χ1) is 13.4. The van der Waals surface area contributed by atoms with Gasteiger partial charge >= 0.3 is 0 Å². The largest absolute Gasteiger partial charge is 0.355 e. The summed E-state index contributed by atoms with van der Waals surface area (Å²) in [7, 11) is -3.65. The van der Waals surface area contributed by atoms with Crippen molar-refractivity contribution >= 4 is 15.9 Å². The smallest absolute Gasteiger partial charge is 0.243 e. The van der Waals surface area contributed by atoms with Crippen LogP contribution in [0.5, 0.6) is 0 Å². The van der Waals surface area contributed by atoms with E-state index >= 15 is 0 Å². The normalized spacial score (nSPS) is 17.2. The second-order valence-electron chi connectivity index (χ2n) is 7.19. The van der Waals surface area contributed by atoms with E-state index in [0.29, 0.717) is 19.4 Å². The maximum atomic E-state index is 13.0. The van der Waals surface area contributed by atoms with E-state index in [1.54, 1.807) is 0 Å². The minimum atomic E-state index is -3.65. The summed E-state index contributed by atoms with van der Waals surface area (Å²) in [4.78, 5) is 12.6. The van der Waals surface area contributed by atoms with Crippen molar-refractivity contribution in [2.24, 2.45) is 5.92 Å². The van der Waals surface area contributed by atoms with Gasteiger partial charge in [-0.2, -0.15) is 4.31 Å². The first-order valence-corrected chi connectivity index (χ1v) is 10.9. The number of amides is 1. The van der Waals surface area contributed by atoms with Crippen LogP contribution in [0, 0.1) is 11.7 Å². The lowest BCUT2D eigenvalue weighted by atomic mass is 9.96. The molecule has 1 amide bonds. The molecule has 1 aliphatic rings. The van der Waals surface area contributed by atoms with Crippen molar-refractivity contribution in [1.29, 1.82) is 0 Å². The van der Waals surface area contributed by atoms with Crippen molar-refractivity contribution in [1.82, 2.24) is 9.62 Å². The number of nitrogens with zero attached hydrogens (tertiary/aromatic N) is 1. The molecule has 0 aliphatic carbocycles. The molecule has 1 heterocycles. The van der Waals surface area contributed by atoms with Crippen molar-refractivity contribution < 1.29 is 17.6 Å². The van der Waals surface area contributed by atoms with Gasteiger partial charge in [0.1, 0.15) is 5.82 Å². The molecule has 2 aromatic rings. The number of hydrogen-bond acceptors (Lipinski definition) is 3. The molecule has 1 fully saturated rings. The lowest BCUT2D eigenvalue weighted by Gasteiger charge is -2.30. The van der Waals surface area contributed by atoms with Gasteiger partial charge in [0.25, 0.3) is 0 Å². The highest BCUT2D eigenvalue weighted by molar-refractivity contribution is 7.89. The Bertz CT molecular complexity index is 893. The van der Waals surface area contributed by atoms with Crippen molar-refractivity contribution in [3.8, 4) is 0 Å². The number of sulfonamides is 1. The number of carbonyl (C=O) groups excluding carboxylic acids is 1. The topological polar surface area (TPSA) is 66.5 Å². The van der Waals surface area contributed by atoms with Crippen molar-refractivity contribution in [2.45, 2.75) is 30.6 Å². The van der Waals surface area contributed by atoms with Gasteiger partial charge in [-0.1, -0.05) is 37.3 Å². The second kappa shape index (κ2) is 8.84. The van der Waals surface area contributed by atoms with Crippen molar-refractivity contribution in [3.05, 3.63) is 66.0 Å². The molecule has 28 heavy (non-hydrogen) atoms. The van der Waals surface area contributed by atoms with Crippen LogP contribution < -0.4 is 5.32 Å². The molecule has 3 rings (SSSR count). The summed E-state index contributed by atoms with van der Waals surface area (Å²) in [6, 6.07) is 14.8. The molecule has 0 spiro atoms. The van der Waals surface area contributed by atoms with Gasteiger partial charge in [-0.3, -0.25) is 4.79 Å². The van der Waals surface area contributed by atoms with Crippen LogP contribution in [0.4, 0.5) is 4.39 Å². The van der Waals surface area contributed by atoms with Crippen LogP contribution in [-0.4, -0.2) is 38.3 Å². The van der Waals surface area contributed by atoms with Crippen LogP contribution in [0.25, 0.3) is 0 Å². The molecule has 7 heteroatoms. The Kier molecular flexibility index (Phi) is 6.46. The lowest BCUT2D eigenvalue weighted by Crippen LogP contribution is -2.43. The molecule has 150 valence electrons. The average Bonchev–Trinajstić information content (AvgIpc) is 2.73. The van der Waals surface area contributed by atoms with Crippen LogP contribution in [0.15, 0.2) is 59.5 Å². The number of nitrogens with one attached hydrogen (secondary N) is 1. The average molecular weight is 405 g/mol. The molecule has 0 saturated carbocycles. The highest BCUT2D eigenvalue weighted by Gasteiger charge is 2.32. The molecular weight excluding hydrogens is 379 g/mol. The molecule has 1 aliphatic heterocycles. The Morgan fingerprint density at radius 2 is 1.71 bits per heavy atom. The summed E-state index contributed by atoms with van der Waals surface area (Å²) in [6.45, 7) is 3.18. The van der Waals surface area contributed by atoms with E-state index in [4.69, 9.17) is 0 Å². The predicted molar refractivity (Wildman–Crippen MR) is 106 cm³/mol. The summed E-state index contributed by atoms with van der Waals surface area (Å²) in [5, 5.41) is 2.99. The van der Waals surface area contributed by atoms with Crippen LogP contribution >= 0.6 is 0 Å². The van der Waals surface area contributed by atoms with Gasteiger partial charge < -0.3 is 5.32 Å². The molecule has 5 nitrogen and oxygen atoms in total. The molecule has 1 atom stereocenters. The zero-order valence-electron chi connectivity index (χ0n) is 15.8. The molecule has 0 radical (unpaired) electrons. The third kappa shape index (κ3) is 4.77. The summed E-state index contributed by atoms with van der Waals surface area (Å²) in [5.41, 5.74) is 1.17. The van der Waals surface area contributed by atoms with Crippen molar-refractivity contribution in [2.75, 3.05) is 19.6 Å². The van der Waals surface area contributed by atoms with Gasteiger partial charge in [0.15, 0.2) is 0 Å². The molecule has 0 aromatic heterocycles. The fourth-order valence-corrected chi connectivity index (χ4v) is 4.88. The number of carbonyl (C=O) groups is 1. The lowest BCUT2D eigenvalue weighted by molar-refractivity contribution is -0.126. The molecule has 0 unspecified atom stereocenters. The van der Waals surface area contributed by atoms with E-state index in [0.717, 1.165) is 12.1 Å². The quantitative estimate of drug-likeness (QED) is 0.804. The Labute approximate surface area is 165 Å². The number of rotatable bonds is 6. The van der Waals surface area contributed by atoms with Gasteiger partial charge in [0.05, 0.1) is 4.90 Å². The third-order valence-corrected chi connectivity index (χ3v) is 7.14. The first kappa shape index (κ1) is 20.5. The Hall–Kier alpha value is -2.25. The summed E-state index contributed by atoms with van der Waals surface area (Å²) in [5.74, 6) is -0.479. The fraction of sp³-hybridized carbons (Fsp3) is 0.381. The molecular formula is C21H25FN2O3S. The minimum absolute atomic E-state index is 0.0263. The zero-order chi connectivity index (χ0) is 20.1. The van der Waals surface area contributed by atoms with E-state index < -0.39 is 15.8 Å². The zero-order valence-corrected chi connectivity index (χ0v) is 16.7. The van der Waals surface area contributed by atoms with Crippen LogP contribution in [0.1, 0.15) is 31.2 Å². The number of benzene rings is 2. The number of halogens is 1. The standard InChI is InChI=1S/C21H25FN2O3S/c1-16(17-5-3-2-4-6-17)15-23-21(25)18-11-13-24(14-12-18)28(26,27)20-9-7-19(22)8-10-20/h2-10,16,18H,11-15H2,1H3,(H,23,25)/t16-/m1/s1. The Morgan fingerprint density at radius 1 is 1.11 bits per heavy atom. The number of hydrogen-bond donors (Lipinski definition) is 1. The maximum Gasteiger partial charge on any atom is 0.243 e. The highest BCUT2D eigenvalue weighted by Crippen LogP contribution is 2.24. The summed E-state index contributed by atoms with van der Waals surface area (Å²) >= 11 is 0. The van der Waals surface area contributed by atoms with E-state index in [-0.39, 0.29) is 35.7 Å². The van der Waals surface area contributed by atoms with Crippen LogP contribution in [-0.2, 0) is 14.8 Å². The van der Waals surface area contributed by atoms with Gasteiger partial charge in [-0.15, -0.1) is 0 Å². The second-order valence-corrected chi connectivity index (χ2v) is 9.13. The predicted octanol–water partition coefficient (Wildman–Crippen LogP) is 3.15. The van der Waals surface area contributed by atoms with Gasteiger partial charge in [-0.25, -0.2) is 12.8 Å². The van der Waals surface area contributed by atoms with Crippen LogP contribution in [0.2, 0.25) is 0 Å². The van der Waals surface area contributed by atoms with E-state index in [9.17, 15) is 17.6 Å². The maximum absolute atomic E-state index is 13.0. The van der Waals surface area contributed by atoms with Gasteiger partial charge in [0, 0.05) is 25.6 Å². The van der Waals surface area contributed by atoms with Gasteiger partial charge in [0.2, 0.25) is 15.9 Å². The Balaban J connectivity index is 1.52. The SMILES string of the molecule is C[C@H](CNC(=O)C1CCN(S(=O)(=O)c2ccc(F)cc2)CC1)c1ccccc1. The first-order valence-electron chi connectivity index (χ1n) is 9.46. The molecule has 2 aromatic carbocycles. The molecule has 1 saturated heterocycles. The van der Waals surface area contributed by atoms with Gasteiger partial charge in [-0.05, 0) is 48.6 Å². The van der Waals surface area contributed by atoms with Crippen molar-refractivity contribution in [3.63, 3.8) is 0 Å². The van der Waals surface area contributed by atoms with E-state index in [2.05, 4.69) is 12.2 Å². The molecule has 0 bridgehead atoms. The minimum Gasteiger partial charge on any atom is -0.355 e. The van der Waals surface area contributed by atoms with E-state index in [1.807, 2.05) is 30.3 Å². The molecule has 1 N–H and O–H groups in total.